The lowest BCUT2D eigenvalue weighted by Gasteiger charge is -2.10. The molecule has 0 aliphatic heterocycles. The van der Waals surface area contributed by atoms with Gasteiger partial charge in [-0.1, -0.05) is 30.3 Å². The maximum absolute atomic E-state index is 12.5. The zero-order valence-electron chi connectivity index (χ0n) is 12.8. The van der Waals surface area contributed by atoms with Gasteiger partial charge in [-0.2, -0.15) is 0 Å². The van der Waals surface area contributed by atoms with Crippen molar-refractivity contribution in [1.29, 1.82) is 0 Å². The number of ether oxygens (including phenoxy) is 1. The zero-order valence-corrected chi connectivity index (χ0v) is 13.6. The summed E-state index contributed by atoms with van der Waals surface area (Å²) in [5, 5.41) is 0. The van der Waals surface area contributed by atoms with Gasteiger partial charge >= 0.3 is 5.97 Å². The molecule has 2 rings (SSSR count). The molecule has 2 aromatic rings. The Morgan fingerprint density at radius 1 is 1.13 bits per heavy atom. The Morgan fingerprint density at radius 3 is 2.57 bits per heavy atom. The molecule has 23 heavy (non-hydrogen) atoms. The number of hydrogen-bond acceptors (Lipinski definition) is 4. The normalized spacial score (nSPS) is 11.4. The van der Waals surface area contributed by atoms with E-state index in [1.54, 1.807) is 24.3 Å². The van der Waals surface area contributed by atoms with Crippen molar-refractivity contribution in [3.63, 3.8) is 0 Å². The van der Waals surface area contributed by atoms with Crippen molar-refractivity contribution in [2.45, 2.75) is 11.8 Å². The Balaban J connectivity index is 2.28. The highest BCUT2D eigenvalue weighted by Gasteiger charge is 2.15. The molecule has 0 atom stereocenters. The molecule has 6 heteroatoms. The number of carbonyl (C=O) groups is 1. The molecule has 0 spiro atoms. The second-order valence-electron chi connectivity index (χ2n) is 4.85. The van der Waals surface area contributed by atoms with Crippen LogP contribution in [0.25, 0.3) is 6.08 Å². The number of methoxy groups -OCH3 is 1. The van der Waals surface area contributed by atoms with Crippen molar-refractivity contribution in [2.75, 3.05) is 11.8 Å². The minimum atomic E-state index is -3.70. The Labute approximate surface area is 135 Å². The van der Waals surface area contributed by atoms with Crippen molar-refractivity contribution in [3.8, 4) is 0 Å². The lowest BCUT2D eigenvalue weighted by molar-refractivity contribution is -0.134. The van der Waals surface area contributed by atoms with Gasteiger partial charge in [0.2, 0.25) is 0 Å². The third kappa shape index (κ3) is 4.43. The quantitative estimate of drug-likeness (QED) is 0.675. The predicted octanol–water partition coefficient (Wildman–Crippen LogP) is 2.98. The van der Waals surface area contributed by atoms with Gasteiger partial charge in [-0.05, 0) is 42.3 Å². The number of aryl methyl sites for hydroxylation is 1. The van der Waals surface area contributed by atoms with E-state index in [1.807, 2.05) is 19.1 Å². The molecule has 0 aromatic heterocycles. The molecule has 0 aliphatic rings. The van der Waals surface area contributed by atoms with Crippen LogP contribution >= 0.6 is 0 Å². The molecule has 0 bridgehead atoms. The van der Waals surface area contributed by atoms with E-state index < -0.39 is 16.0 Å². The highest BCUT2D eigenvalue weighted by Crippen LogP contribution is 2.20. The van der Waals surface area contributed by atoms with Crippen molar-refractivity contribution in [3.05, 3.63) is 65.7 Å². The van der Waals surface area contributed by atoms with E-state index >= 15 is 0 Å². The van der Waals surface area contributed by atoms with Crippen molar-refractivity contribution < 1.29 is 17.9 Å². The van der Waals surface area contributed by atoms with Crippen molar-refractivity contribution >= 4 is 27.8 Å². The monoisotopic (exact) mass is 331 g/mol. The maximum atomic E-state index is 12.5. The smallest absolute Gasteiger partial charge is 0.330 e. The molecule has 0 saturated heterocycles. The number of carbonyl (C=O) groups excluding carboxylic acids is 1. The zero-order chi connectivity index (χ0) is 16.9. The summed E-state index contributed by atoms with van der Waals surface area (Å²) in [5.74, 6) is -0.503. The van der Waals surface area contributed by atoms with E-state index in [-0.39, 0.29) is 4.90 Å². The predicted molar refractivity (Wildman–Crippen MR) is 89.5 cm³/mol. The summed E-state index contributed by atoms with van der Waals surface area (Å²) >= 11 is 0. The molecular weight excluding hydrogens is 314 g/mol. The van der Waals surface area contributed by atoms with Gasteiger partial charge < -0.3 is 4.74 Å². The van der Waals surface area contributed by atoms with Crippen LogP contribution in [0.3, 0.4) is 0 Å². The van der Waals surface area contributed by atoms with Crippen LogP contribution in [0.1, 0.15) is 11.1 Å². The van der Waals surface area contributed by atoms with Crippen LogP contribution in [0.4, 0.5) is 5.69 Å². The topological polar surface area (TPSA) is 72.5 Å². The van der Waals surface area contributed by atoms with Gasteiger partial charge in [0.15, 0.2) is 0 Å². The van der Waals surface area contributed by atoms with Gasteiger partial charge in [-0.15, -0.1) is 0 Å². The minimum absolute atomic E-state index is 0.118. The lowest BCUT2D eigenvalue weighted by atomic mass is 10.2. The summed E-state index contributed by atoms with van der Waals surface area (Å²) in [6, 6.07) is 13.4. The standard InChI is InChI=1S/C17H17NO4S/c1-13-6-3-4-9-16(13)18-23(20,21)15-8-5-7-14(12-15)10-11-17(19)22-2/h3-12,18H,1-2H3. The van der Waals surface area contributed by atoms with Crippen molar-refractivity contribution in [1.82, 2.24) is 0 Å². The number of rotatable bonds is 5. The molecule has 1 N–H and O–H groups in total. The molecule has 0 unspecified atom stereocenters. The summed E-state index contributed by atoms with van der Waals surface area (Å²) in [7, 11) is -2.43. The van der Waals surface area contributed by atoms with Gasteiger partial charge in [0.25, 0.3) is 10.0 Å². The fourth-order valence-electron chi connectivity index (χ4n) is 1.91. The average Bonchev–Trinajstić information content (AvgIpc) is 2.55. The van der Waals surface area contributed by atoms with Gasteiger partial charge in [0.1, 0.15) is 0 Å². The molecule has 0 fully saturated rings. The third-order valence-corrected chi connectivity index (χ3v) is 4.53. The Kier molecular flexibility index (Phi) is 5.18. The first-order valence-electron chi connectivity index (χ1n) is 6.87. The summed E-state index contributed by atoms with van der Waals surface area (Å²) in [6.07, 6.45) is 2.74. The number of para-hydroxylation sites is 1. The minimum Gasteiger partial charge on any atom is -0.466 e. The summed E-state index contributed by atoms with van der Waals surface area (Å²) in [4.78, 5) is 11.2. The third-order valence-electron chi connectivity index (χ3n) is 3.17. The molecule has 120 valence electrons. The van der Waals surface area contributed by atoms with Crippen LogP contribution < -0.4 is 4.72 Å². The fourth-order valence-corrected chi connectivity index (χ4v) is 3.09. The van der Waals surface area contributed by atoms with Gasteiger partial charge in [-0.25, -0.2) is 13.2 Å². The van der Waals surface area contributed by atoms with Crippen LogP contribution in [0, 0.1) is 6.92 Å². The van der Waals surface area contributed by atoms with E-state index in [0.717, 1.165) is 5.56 Å². The average molecular weight is 331 g/mol. The molecule has 0 amide bonds. The van der Waals surface area contributed by atoms with Gasteiger partial charge in [-0.3, -0.25) is 4.72 Å². The number of esters is 1. The first kappa shape index (κ1) is 16.8. The molecular formula is C17H17NO4S. The highest BCUT2D eigenvalue weighted by molar-refractivity contribution is 7.92. The molecule has 0 aliphatic carbocycles. The number of sulfonamides is 1. The first-order valence-corrected chi connectivity index (χ1v) is 8.35. The van der Waals surface area contributed by atoms with Crippen LogP contribution in [-0.2, 0) is 19.6 Å². The molecule has 5 nitrogen and oxygen atoms in total. The largest absolute Gasteiger partial charge is 0.466 e. The van der Waals surface area contributed by atoms with E-state index in [4.69, 9.17) is 0 Å². The molecule has 0 saturated carbocycles. The van der Waals surface area contributed by atoms with E-state index in [0.29, 0.717) is 11.3 Å². The summed E-state index contributed by atoms with van der Waals surface area (Å²) in [5.41, 5.74) is 1.95. The second kappa shape index (κ2) is 7.11. The molecule has 2 aromatic carbocycles. The first-order chi connectivity index (χ1) is 10.9. The Morgan fingerprint density at radius 2 is 1.87 bits per heavy atom. The number of benzene rings is 2. The summed E-state index contributed by atoms with van der Waals surface area (Å²) < 4.78 is 32.0. The van der Waals surface area contributed by atoms with Gasteiger partial charge in [0.05, 0.1) is 17.7 Å². The number of anilines is 1. The van der Waals surface area contributed by atoms with Crippen molar-refractivity contribution in [2.24, 2.45) is 0 Å². The summed E-state index contributed by atoms with van der Waals surface area (Å²) in [6.45, 7) is 1.83. The van der Waals surface area contributed by atoms with Crippen LogP contribution in [-0.4, -0.2) is 21.5 Å². The fraction of sp³-hybridized carbons (Fsp3) is 0.118. The maximum Gasteiger partial charge on any atom is 0.330 e. The Bertz CT molecular complexity index is 841. The van der Waals surface area contributed by atoms with E-state index in [9.17, 15) is 13.2 Å². The lowest BCUT2D eigenvalue weighted by Crippen LogP contribution is -2.13. The second-order valence-corrected chi connectivity index (χ2v) is 6.53. The van der Waals surface area contributed by atoms with E-state index in [2.05, 4.69) is 9.46 Å². The number of nitrogens with one attached hydrogen (secondary N) is 1. The SMILES string of the molecule is COC(=O)C=Cc1cccc(S(=O)(=O)Nc2ccccc2C)c1. The molecule has 0 heterocycles. The van der Waals surface area contributed by atoms with Gasteiger partial charge in [0, 0.05) is 6.08 Å². The highest BCUT2D eigenvalue weighted by atomic mass is 32.2. The molecule has 0 radical (unpaired) electrons. The number of hydrogen-bond donors (Lipinski definition) is 1. The van der Waals surface area contributed by atoms with Crippen LogP contribution in [0.5, 0.6) is 0 Å². The Hall–Kier alpha value is -2.60. The van der Waals surface area contributed by atoms with Crippen LogP contribution in [0.15, 0.2) is 59.5 Å². The van der Waals surface area contributed by atoms with E-state index in [1.165, 1.54) is 31.4 Å². The van der Waals surface area contributed by atoms with Crippen LogP contribution in [0.2, 0.25) is 0 Å².